The number of unbranched alkanes of at least 4 members (excludes halogenated alkanes) is 9. The number of nitrogens with zero attached hydrogens (tertiary/aromatic N) is 1. The van der Waals surface area contributed by atoms with Gasteiger partial charge in [-0.2, -0.15) is 0 Å². The average molecular weight is 446 g/mol. The van der Waals surface area contributed by atoms with Gasteiger partial charge in [-0.15, -0.1) is 0 Å². The lowest BCUT2D eigenvalue weighted by molar-refractivity contribution is -0.926. The number of likely N-dealkylation sites (N-methyl/N-ethyl adjacent to an activating group) is 1. The molecule has 2 atom stereocenters. The molecular weight excluding hydrogens is 402 g/mol. The van der Waals surface area contributed by atoms with Gasteiger partial charge in [-0.05, 0) is 18.4 Å². The number of quaternary nitrogens is 1. The molecule has 174 valence electrons. The van der Waals surface area contributed by atoms with Crippen molar-refractivity contribution >= 4 is 0 Å². The molecule has 0 aromatic heterocycles. The van der Waals surface area contributed by atoms with Crippen LogP contribution in [0.2, 0.25) is 0 Å². The fourth-order valence-corrected chi connectivity index (χ4v) is 4.60. The molecule has 1 N–H and O–H groups in total. The normalized spacial score (nSPS) is 13.4. The van der Waals surface area contributed by atoms with Crippen molar-refractivity contribution in [3.05, 3.63) is 71.8 Å². The largest absolute Gasteiger partial charge is 1.00 e. The Balaban J connectivity index is 0.00000480. The zero-order chi connectivity index (χ0) is 21.7. The fraction of sp³-hybridized carbons (Fsp3) is 0.571. The van der Waals surface area contributed by atoms with E-state index in [-0.39, 0.29) is 18.4 Å². The third kappa shape index (κ3) is 9.76. The van der Waals surface area contributed by atoms with Gasteiger partial charge in [0.15, 0.2) is 0 Å². The van der Waals surface area contributed by atoms with Crippen molar-refractivity contribution in [3.8, 4) is 0 Å². The molecule has 0 amide bonds. The maximum atomic E-state index is 11.3. The zero-order valence-electron chi connectivity index (χ0n) is 20.0. The first-order chi connectivity index (χ1) is 14.6. The summed E-state index contributed by atoms with van der Waals surface area (Å²) in [7, 11) is 4.55. The van der Waals surface area contributed by atoms with E-state index in [0.717, 1.165) is 16.6 Å². The Morgan fingerprint density at radius 3 is 1.55 bits per heavy atom. The molecule has 0 saturated heterocycles. The quantitative estimate of drug-likeness (QED) is 0.317. The zero-order valence-corrected chi connectivity index (χ0v) is 20.7. The maximum Gasteiger partial charge on any atom is 0.145 e. The van der Waals surface area contributed by atoms with Gasteiger partial charge in [-0.3, -0.25) is 0 Å². The minimum absolute atomic E-state index is 0. The number of benzene rings is 2. The van der Waals surface area contributed by atoms with E-state index in [9.17, 15) is 5.11 Å². The molecule has 0 radical (unpaired) electrons. The summed E-state index contributed by atoms with van der Waals surface area (Å²) in [6.45, 7) is 3.36. The van der Waals surface area contributed by atoms with Crippen molar-refractivity contribution in [2.75, 3.05) is 20.6 Å². The highest BCUT2D eigenvalue weighted by atomic mass is 35.5. The van der Waals surface area contributed by atoms with Gasteiger partial charge in [0.1, 0.15) is 12.1 Å². The number of aliphatic hydroxyl groups is 1. The van der Waals surface area contributed by atoms with Crippen LogP contribution in [0, 0.1) is 0 Å². The van der Waals surface area contributed by atoms with E-state index in [4.69, 9.17) is 0 Å². The van der Waals surface area contributed by atoms with Crippen LogP contribution in [0.1, 0.15) is 94.4 Å². The molecule has 0 fully saturated rings. The second kappa shape index (κ2) is 15.5. The molecule has 0 aliphatic rings. The highest BCUT2D eigenvalue weighted by Gasteiger charge is 2.36. The smallest absolute Gasteiger partial charge is 0.145 e. The molecule has 3 heteroatoms. The predicted molar refractivity (Wildman–Crippen MR) is 129 cm³/mol. The van der Waals surface area contributed by atoms with Crippen LogP contribution in [0.15, 0.2) is 60.7 Å². The molecule has 2 nitrogen and oxygen atoms in total. The van der Waals surface area contributed by atoms with Gasteiger partial charge in [-0.1, -0.05) is 119 Å². The van der Waals surface area contributed by atoms with Gasteiger partial charge in [0.2, 0.25) is 0 Å². The van der Waals surface area contributed by atoms with E-state index in [1.165, 1.54) is 69.8 Å². The number of aliphatic hydroxyl groups excluding tert-OH is 1. The topological polar surface area (TPSA) is 20.2 Å². The average Bonchev–Trinajstić information content (AvgIpc) is 2.76. The molecule has 0 saturated carbocycles. The summed E-state index contributed by atoms with van der Waals surface area (Å²) >= 11 is 0. The molecule has 0 spiro atoms. The van der Waals surface area contributed by atoms with Gasteiger partial charge in [-0.25, -0.2) is 0 Å². The van der Waals surface area contributed by atoms with E-state index in [2.05, 4.69) is 51.4 Å². The molecule has 31 heavy (non-hydrogen) atoms. The first kappa shape index (κ1) is 27.7. The number of hydrogen-bond donors (Lipinski definition) is 1. The molecule has 2 aromatic carbocycles. The minimum atomic E-state index is -0.508. The second-order valence-corrected chi connectivity index (χ2v) is 9.40. The SMILES string of the molecule is CCCCCCCCCCCC[N+](C)(C)C(c1ccccc1)C(O)c1ccccc1.[Cl-]. The Hall–Kier alpha value is -1.35. The summed E-state index contributed by atoms with van der Waals surface area (Å²) in [4.78, 5) is 0. The van der Waals surface area contributed by atoms with Crippen LogP contribution in [0.4, 0.5) is 0 Å². The van der Waals surface area contributed by atoms with Gasteiger partial charge >= 0.3 is 0 Å². The molecule has 0 heterocycles. The van der Waals surface area contributed by atoms with E-state index < -0.39 is 6.10 Å². The van der Waals surface area contributed by atoms with Crippen LogP contribution in [-0.4, -0.2) is 30.2 Å². The van der Waals surface area contributed by atoms with Gasteiger partial charge < -0.3 is 22.0 Å². The van der Waals surface area contributed by atoms with Crippen LogP contribution < -0.4 is 12.4 Å². The molecule has 0 aliphatic carbocycles. The lowest BCUT2D eigenvalue weighted by atomic mass is 9.92. The summed E-state index contributed by atoms with van der Waals surface area (Å²) in [5.41, 5.74) is 2.21. The van der Waals surface area contributed by atoms with Crippen molar-refractivity contribution in [3.63, 3.8) is 0 Å². The fourth-order valence-electron chi connectivity index (χ4n) is 4.60. The van der Waals surface area contributed by atoms with Crippen LogP contribution in [0.25, 0.3) is 0 Å². The minimum Gasteiger partial charge on any atom is -1.00 e. The van der Waals surface area contributed by atoms with Crippen molar-refractivity contribution in [1.82, 2.24) is 0 Å². The van der Waals surface area contributed by atoms with E-state index in [1.54, 1.807) is 0 Å². The molecule has 2 rings (SSSR count). The Kier molecular flexibility index (Phi) is 13.8. The Labute approximate surface area is 197 Å². The van der Waals surface area contributed by atoms with E-state index in [1.807, 2.05) is 30.3 Å². The third-order valence-corrected chi connectivity index (χ3v) is 6.42. The van der Waals surface area contributed by atoms with Gasteiger partial charge in [0, 0.05) is 5.56 Å². The summed E-state index contributed by atoms with van der Waals surface area (Å²) in [5.74, 6) is 0. The summed E-state index contributed by atoms with van der Waals surface area (Å²) in [6, 6.07) is 20.7. The van der Waals surface area contributed by atoms with Crippen molar-refractivity contribution < 1.29 is 22.0 Å². The van der Waals surface area contributed by atoms with Crippen molar-refractivity contribution in [2.45, 2.75) is 83.3 Å². The molecule has 2 unspecified atom stereocenters. The second-order valence-electron chi connectivity index (χ2n) is 9.40. The lowest BCUT2D eigenvalue weighted by Gasteiger charge is -2.41. The summed E-state index contributed by atoms with van der Waals surface area (Å²) < 4.78 is 0.803. The Bertz CT molecular complexity index is 674. The standard InChI is InChI=1S/C28H44NO.ClH/c1-4-5-6-7-8-9-10-11-12-19-24-29(2,3)27(25-20-15-13-16-21-25)28(30)26-22-17-14-18-23-26;/h13-18,20-23,27-28,30H,4-12,19,24H2,1-3H3;1H/q+1;/p-1. The van der Waals surface area contributed by atoms with Crippen molar-refractivity contribution in [2.24, 2.45) is 0 Å². The summed E-state index contributed by atoms with van der Waals surface area (Å²) in [6.07, 6.45) is 13.0. The van der Waals surface area contributed by atoms with Crippen LogP contribution >= 0.6 is 0 Å². The number of hydrogen-bond acceptors (Lipinski definition) is 1. The van der Waals surface area contributed by atoms with Gasteiger partial charge in [0.25, 0.3) is 0 Å². The highest BCUT2D eigenvalue weighted by molar-refractivity contribution is 5.25. The maximum absolute atomic E-state index is 11.3. The van der Waals surface area contributed by atoms with Crippen LogP contribution in [0.5, 0.6) is 0 Å². The van der Waals surface area contributed by atoms with E-state index in [0.29, 0.717) is 0 Å². The number of halogens is 1. The van der Waals surface area contributed by atoms with Crippen LogP contribution in [-0.2, 0) is 0 Å². The first-order valence-electron chi connectivity index (χ1n) is 12.2. The molecule has 0 bridgehead atoms. The predicted octanol–water partition coefficient (Wildman–Crippen LogP) is 4.46. The molecular formula is C28H44ClNO. The monoisotopic (exact) mass is 445 g/mol. The third-order valence-electron chi connectivity index (χ3n) is 6.42. The van der Waals surface area contributed by atoms with E-state index >= 15 is 0 Å². The van der Waals surface area contributed by atoms with Crippen LogP contribution in [0.3, 0.4) is 0 Å². The Morgan fingerprint density at radius 2 is 1.06 bits per heavy atom. The first-order valence-corrected chi connectivity index (χ1v) is 12.2. The number of rotatable bonds is 15. The Morgan fingerprint density at radius 1 is 0.645 bits per heavy atom. The summed E-state index contributed by atoms with van der Waals surface area (Å²) in [5, 5.41) is 11.3. The van der Waals surface area contributed by atoms with Gasteiger partial charge in [0.05, 0.1) is 20.6 Å². The highest BCUT2D eigenvalue weighted by Crippen LogP contribution is 2.37. The molecule has 2 aromatic rings. The van der Waals surface area contributed by atoms with Crippen molar-refractivity contribution in [1.29, 1.82) is 0 Å². The lowest BCUT2D eigenvalue weighted by Crippen LogP contribution is -3.00. The molecule has 0 aliphatic heterocycles.